The fourth-order valence-electron chi connectivity index (χ4n) is 1.51. The van der Waals surface area contributed by atoms with E-state index in [1.54, 1.807) is 6.08 Å². The summed E-state index contributed by atoms with van der Waals surface area (Å²) in [4.78, 5) is 20.8. The summed E-state index contributed by atoms with van der Waals surface area (Å²) >= 11 is -1.94. The van der Waals surface area contributed by atoms with Crippen LogP contribution in [0.3, 0.4) is 0 Å². The Morgan fingerprint density at radius 2 is 1.47 bits per heavy atom. The summed E-state index contributed by atoms with van der Waals surface area (Å²) in [5, 5.41) is 0. The Balaban J connectivity index is 4.61. The van der Waals surface area contributed by atoms with Gasteiger partial charge in [-0.2, -0.15) is 0 Å². The maximum atomic E-state index is 11.9. The molecule has 0 unspecified atom stereocenters. The van der Waals surface area contributed by atoms with Crippen LogP contribution in [0.2, 0.25) is 14.8 Å². The third kappa shape index (κ3) is 6.23. The van der Waals surface area contributed by atoms with Crippen LogP contribution < -0.4 is 0 Å². The van der Waals surface area contributed by atoms with Crippen molar-refractivity contribution < 1.29 is 4.79 Å². The van der Waals surface area contributed by atoms with E-state index in [0.29, 0.717) is 0 Å². The van der Waals surface area contributed by atoms with Crippen LogP contribution in [-0.2, 0) is 4.79 Å². The van der Waals surface area contributed by atoms with Crippen molar-refractivity contribution in [2.75, 3.05) is 0 Å². The molecule has 0 saturated carbocycles. The first-order valence-electron chi connectivity index (χ1n) is 5.66. The summed E-state index contributed by atoms with van der Waals surface area (Å²) in [6.45, 7) is 8.25. The second-order valence-electron chi connectivity index (χ2n) is 5.63. The van der Waals surface area contributed by atoms with E-state index < -0.39 is 18.4 Å². The van der Waals surface area contributed by atoms with Crippen molar-refractivity contribution in [1.29, 1.82) is 0 Å². The molecule has 0 aliphatic heterocycles. The van der Waals surface area contributed by atoms with Gasteiger partial charge in [-0.05, 0) is 0 Å². The molecule has 0 atom stereocenters. The molecule has 15 heavy (non-hydrogen) atoms. The minimum absolute atomic E-state index is 0.159. The molecule has 0 rings (SSSR count). The van der Waals surface area contributed by atoms with Gasteiger partial charge in [0.05, 0.1) is 0 Å². The number of rotatable bonds is 4. The molecule has 0 radical (unpaired) electrons. The Hall–Kier alpha value is 0.00870. The summed E-state index contributed by atoms with van der Waals surface area (Å²) in [5.41, 5.74) is 0. The normalized spacial score (nSPS) is 12.9. The average molecular weight is 318 g/mol. The van der Waals surface area contributed by atoms with E-state index in [2.05, 4.69) is 46.6 Å². The Labute approximate surface area is 98.6 Å². The molecular weight excluding hydrogens is 293 g/mol. The SMILES string of the molecule is CC(C)N(C(=O)/C=[CH]\[Sn]([CH3])([CH3])[CH3])C(C)C. The molecule has 88 valence electrons. The Bertz CT molecular complexity index is 230. The fraction of sp³-hybridized carbons (Fsp3) is 0.750. The zero-order valence-electron chi connectivity index (χ0n) is 11.2. The Morgan fingerprint density at radius 3 is 1.73 bits per heavy atom. The first-order chi connectivity index (χ1) is 6.65. The molecule has 0 bridgehead atoms. The molecular formula is C12H25NOSn. The van der Waals surface area contributed by atoms with Crippen molar-refractivity contribution in [3.8, 4) is 0 Å². The van der Waals surface area contributed by atoms with Gasteiger partial charge in [0.1, 0.15) is 0 Å². The molecule has 0 aliphatic carbocycles. The fourth-order valence-corrected chi connectivity index (χ4v) is 3.35. The second-order valence-corrected chi connectivity index (χ2v) is 20.1. The zero-order chi connectivity index (χ0) is 12.2. The average Bonchev–Trinajstić information content (AvgIpc) is 1.97. The standard InChI is InChI=1S/C9H16NO.3CH3.Sn/c1-6-9(11)10(7(2)3)8(4)5;;;;/h1,6-8H,2-5H3;3*1H3;. The number of amides is 1. The molecule has 0 heterocycles. The van der Waals surface area contributed by atoms with Gasteiger partial charge in [-0.3, -0.25) is 0 Å². The van der Waals surface area contributed by atoms with E-state index in [4.69, 9.17) is 0 Å². The van der Waals surface area contributed by atoms with E-state index >= 15 is 0 Å². The van der Waals surface area contributed by atoms with Gasteiger partial charge in [-0.15, -0.1) is 0 Å². The molecule has 0 aromatic carbocycles. The van der Waals surface area contributed by atoms with Gasteiger partial charge in [-0.25, -0.2) is 0 Å². The molecule has 0 aromatic heterocycles. The van der Waals surface area contributed by atoms with Crippen LogP contribution in [-0.4, -0.2) is 41.3 Å². The van der Waals surface area contributed by atoms with Gasteiger partial charge in [0.2, 0.25) is 0 Å². The molecule has 0 N–H and O–H groups in total. The minimum atomic E-state index is -1.94. The van der Waals surface area contributed by atoms with E-state index in [1.807, 2.05) is 4.90 Å². The van der Waals surface area contributed by atoms with Crippen molar-refractivity contribution >= 4 is 24.3 Å². The van der Waals surface area contributed by atoms with Crippen LogP contribution in [0.5, 0.6) is 0 Å². The quantitative estimate of drug-likeness (QED) is 0.576. The van der Waals surface area contributed by atoms with Gasteiger partial charge < -0.3 is 0 Å². The molecule has 1 amide bonds. The van der Waals surface area contributed by atoms with Crippen LogP contribution in [0.1, 0.15) is 27.7 Å². The molecule has 0 fully saturated rings. The third-order valence-corrected chi connectivity index (χ3v) is 5.42. The Kier molecular flexibility index (Phi) is 5.92. The van der Waals surface area contributed by atoms with Crippen molar-refractivity contribution in [3.05, 3.63) is 10.2 Å². The first-order valence-corrected chi connectivity index (χ1v) is 15.9. The first kappa shape index (κ1) is 15.0. The second kappa shape index (κ2) is 5.92. The van der Waals surface area contributed by atoms with Crippen molar-refractivity contribution in [3.63, 3.8) is 0 Å². The van der Waals surface area contributed by atoms with Crippen LogP contribution in [0.15, 0.2) is 10.2 Å². The molecule has 2 nitrogen and oxygen atoms in total. The number of carbonyl (C=O) groups is 1. The number of nitrogens with zero attached hydrogens (tertiary/aromatic N) is 1. The number of hydrogen-bond acceptors (Lipinski definition) is 1. The monoisotopic (exact) mass is 319 g/mol. The third-order valence-electron chi connectivity index (χ3n) is 2.09. The molecule has 0 spiro atoms. The molecule has 0 aliphatic rings. The van der Waals surface area contributed by atoms with Crippen LogP contribution in [0, 0.1) is 0 Å². The maximum absolute atomic E-state index is 11.9. The molecule has 3 heteroatoms. The molecule has 0 saturated heterocycles. The van der Waals surface area contributed by atoms with Gasteiger partial charge in [0, 0.05) is 0 Å². The van der Waals surface area contributed by atoms with Gasteiger partial charge >= 0.3 is 98.7 Å². The summed E-state index contributed by atoms with van der Waals surface area (Å²) in [6.07, 6.45) is 1.79. The van der Waals surface area contributed by atoms with Crippen LogP contribution in [0.4, 0.5) is 0 Å². The number of carbonyl (C=O) groups excluding carboxylic acids is 1. The van der Waals surface area contributed by atoms with Gasteiger partial charge in [0.25, 0.3) is 0 Å². The molecule has 0 aromatic rings. The zero-order valence-corrected chi connectivity index (χ0v) is 14.0. The van der Waals surface area contributed by atoms with Crippen molar-refractivity contribution in [1.82, 2.24) is 4.90 Å². The number of hydrogen-bond donors (Lipinski definition) is 0. The predicted molar refractivity (Wildman–Crippen MR) is 69.6 cm³/mol. The van der Waals surface area contributed by atoms with E-state index in [-0.39, 0.29) is 18.0 Å². The Morgan fingerprint density at radius 1 is 1.07 bits per heavy atom. The van der Waals surface area contributed by atoms with Gasteiger partial charge in [-0.1, -0.05) is 0 Å². The van der Waals surface area contributed by atoms with Crippen LogP contribution in [0.25, 0.3) is 0 Å². The topological polar surface area (TPSA) is 20.3 Å². The summed E-state index contributed by atoms with van der Waals surface area (Å²) in [5.74, 6) is 0.159. The predicted octanol–water partition coefficient (Wildman–Crippen LogP) is 3.07. The van der Waals surface area contributed by atoms with Gasteiger partial charge in [0.15, 0.2) is 0 Å². The van der Waals surface area contributed by atoms with E-state index in [9.17, 15) is 4.79 Å². The summed E-state index contributed by atoms with van der Waals surface area (Å²) in [6, 6.07) is 0.551. The summed E-state index contributed by atoms with van der Waals surface area (Å²) in [7, 11) is 0. The van der Waals surface area contributed by atoms with E-state index in [1.165, 1.54) is 0 Å². The van der Waals surface area contributed by atoms with Crippen molar-refractivity contribution in [2.24, 2.45) is 0 Å². The van der Waals surface area contributed by atoms with Crippen LogP contribution >= 0.6 is 0 Å². The van der Waals surface area contributed by atoms with E-state index in [0.717, 1.165) is 0 Å². The summed E-state index contributed by atoms with van der Waals surface area (Å²) < 4.78 is 2.18. The van der Waals surface area contributed by atoms with Crippen molar-refractivity contribution in [2.45, 2.75) is 54.6 Å².